The van der Waals surface area contributed by atoms with Gasteiger partial charge in [-0.1, -0.05) is 56.3 Å². The number of hydrogen-bond acceptors (Lipinski definition) is 20. The van der Waals surface area contributed by atoms with Crippen LogP contribution in [0.4, 0.5) is 4.39 Å². The fourth-order valence-corrected chi connectivity index (χ4v) is 12.8. The van der Waals surface area contributed by atoms with E-state index in [0.717, 1.165) is 16.7 Å². The summed E-state index contributed by atoms with van der Waals surface area (Å²) < 4.78 is 65.7. The highest BCUT2D eigenvalue weighted by atomic mass is 19.1. The predicted octanol–water partition coefficient (Wildman–Crippen LogP) is 4.18. The SMILES string of the molecule is CC[C@H]1OC(=O)[C@H](C)[C@@H](OC2C[C@@](C)(OC)[C@@H](O)[C@H](C)O2)[C@H](C)[C@@H](O[C@@H]2O[C@H](C)C[C@H](N(C)CCc3cn([C@H](CF)[C@H](OC)c4ccc(C5=CCN(C(=O)COC(C)=O)CC5)cc4)nn3)[C@H]2O)[C@](C)(O)CC(C)CN(C)[C@H](C)[C@@H](O)[C@]1(C)O. The van der Waals surface area contributed by atoms with E-state index < -0.39 is 133 Å². The van der Waals surface area contributed by atoms with E-state index in [-0.39, 0.29) is 37.7 Å². The minimum Gasteiger partial charge on any atom is -0.459 e. The summed E-state index contributed by atoms with van der Waals surface area (Å²) in [5, 5.41) is 68.8. The second-order valence-electron chi connectivity index (χ2n) is 24.7. The lowest BCUT2D eigenvalue weighted by atomic mass is 9.77. The molecule has 83 heavy (non-hydrogen) atoms. The molecule has 0 aliphatic carbocycles. The molecule has 2 aromatic rings. The number of rotatable bonds is 18. The van der Waals surface area contributed by atoms with Crippen molar-refractivity contribution in [2.24, 2.45) is 17.8 Å². The number of methoxy groups -OCH3 is 2. The van der Waals surface area contributed by atoms with Crippen LogP contribution in [-0.4, -0.2) is 231 Å². The molecule has 3 fully saturated rings. The molecule has 4 aliphatic heterocycles. The second-order valence-corrected chi connectivity index (χ2v) is 24.7. The third-order valence-electron chi connectivity index (χ3n) is 18.1. The summed E-state index contributed by atoms with van der Waals surface area (Å²) in [4.78, 5) is 43.7. The lowest BCUT2D eigenvalue weighted by Gasteiger charge is -2.49. The van der Waals surface area contributed by atoms with Gasteiger partial charge in [0.05, 0.1) is 47.2 Å². The molecular weight excluding hydrogens is 1080 g/mol. The maximum Gasteiger partial charge on any atom is 0.311 e. The van der Waals surface area contributed by atoms with E-state index >= 15 is 4.39 Å². The lowest BCUT2D eigenvalue weighted by Crippen LogP contribution is -2.61. The Balaban J connectivity index is 1.21. The average Bonchev–Trinajstić information content (AvgIpc) is 3.91. The van der Waals surface area contributed by atoms with Crippen LogP contribution >= 0.6 is 0 Å². The van der Waals surface area contributed by atoms with Gasteiger partial charge >= 0.3 is 11.9 Å². The number of benzene rings is 1. The van der Waals surface area contributed by atoms with Crippen LogP contribution in [0.3, 0.4) is 0 Å². The van der Waals surface area contributed by atoms with E-state index in [9.17, 15) is 39.9 Å². The molecule has 470 valence electrons. The van der Waals surface area contributed by atoms with Gasteiger partial charge in [-0.05, 0) is 111 Å². The van der Waals surface area contributed by atoms with Crippen LogP contribution in [0.2, 0.25) is 0 Å². The van der Waals surface area contributed by atoms with Crippen LogP contribution in [0.25, 0.3) is 5.57 Å². The monoisotopic (exact) mass is 1180 g/mol. The smallest absolute Gasteiger partial charge is 0.311 e. The van der Waals surface area contributed by atoms with Crippen molar-refractivity contribution in [2.75, 3.05) is 67.8 Å². The number of halogens is 1. The van der Waals surface area contributed by atoms with Gasteiger partial charge in [0.2, 0.25) is 0 Å². The van der Waals surface area contributed by atoms with E-state index in [1.165, 1.54) is 32.7 Å². The minimum absolute atomic E-state index is 0.0717. The average molecular weight is 1180 g/mol. The number of nitrogens with zero attached hydrogens (tertiary/aromatic N) is 6. The molecule has 20 atom stereocenters. The Morgan fingerprint density at radius 2 is 1.66 bits per heavy atom. The minimum atomic E-state index is -1.87. The molecule has 5 N–H and O–H groups in total. The highest BCUT2D eigenvalue weighted by Gasteiger charge is 2.53. The van der Waals surface area contributed by atoms with Crippen molar-refractivity contribution in [1.82, 2.24) is 29.7 Å². The van der Waals surface area contributed by atoms with Crippen LogP contribution < -0.4 is 0 Å². The predicted molar refractivity (Wildman–Crippen MR) is 304 cm³/mol. The maximum atomic E-state index is 15.1. The molecule has 4 aliphatic rings. The molecule has 5 heterocycles. The van der Waals surface area contributed by atoms with Crippen molar-refractivity contribution in [2.45, 2.75) is 217 Å². The fourth-order valence-electron chi connectivity index (χ4n) is 12.8. The number of ether oxygens (including phenoxy) is 8. The number of alkyl halides is 1. The molecule has 1 aromatic heterocycles. The van der Waals surface area contributed by atoms with Crippen molar-refractivity contribution in [3.8, 4) is 0 Å². The normalized spacial score (nSPS) is 37.2. The van der Waals surface area contributed by atoms with E-state index in [4.69, 9.17) is 37.9 Å². The first-order valence-electron chi connectivity index (χ1n) is 29.5. The number of amides is 1. The molecule has 1 aromatic carbocycles. The van der Waals surface area contributed by atoms with E-state index in [2.05, 4.69) is 10.3 Å². The van der Waals surface area contributed by atoms with Crippen molar-refractivity contribution < 1.29 is 82.2 Å². The molecule has 1 amide bonds. The Hall–Kier alpha value is -4.08. The van der Waals surface area contributed by atoms with Gasteiger partial charge in [-0.2, -0.15) is 0 Å². The molecule has 0 radical (unpaired) electrons. The molecule has 23 heteroatoms. The van der Waals surface area contributed by atoms with Gasteiger partial charge in [-0.15, -0.1) is 5.10 Å². The summed E-state index contributed by atoms with van der Waals surface area (Å²) in [7, 11) is 6.70. The van der Waals surface area contributed by atoms with Gasteiger partial charge in [0.15, 0.2) is 19.2 Å². The number of cyclic esters (lactones) is 1. The Morgan fingerprint density at radius 3 is 2.27 bits per heavy atom. The molecule has 3 saturated heterocycles. The number of aromatic nitrogens is 3. The summed E-state index contributed by atoms with van der Waals surface area (Å²) in [5.74, 6) is -3.70. The number of hydrogen-bond donors (Lipinski definition) is 5. The summed E-state index contributed by atoms with van der Waals surface area (Å²) in [6.45, 7) is 19.2. The van der Waals surface area contributed by atoms with E-state index in [1.807, 2.05) is 68.1 Å². The van der Waals surface area contributed by atoms with Crippen molar-refractivity contribution in [1.29, 1.82) is 0 Å². The maximum absolute atomic E-state index is 15.1. The highest BCUT2D eigenvalue weighted by Crippen LogP contribution is 2.41. The Labute approximate surface area is 489 Å². The third kappa shape index (κ3) is 16.3. The van der Waals surface area contributed by atoms with Crippen LogP contribution in [-0.2, 0) is 58.7 Å². The van der Waals surface area contributed by atoms with Gasteiger partial charge in [0.1, 0.15) is 48.8 Å². The summed E-state index contributed by atoms with van der Waals surface area (Å²) >= 11 is 0. The molecular formula is C60H97FN6O16. The first kappa shape index (κ1) is 68.0. The summed E-state index contributed by atoms with van der Waals surface area (Å²) in [5.41, 5.74) is -1.30. The Morgan fingerprint density at radius 1 is 0.976 bits per heavy atom. The molecule has 2 unspecified atom stereocenters. The Kier molecular flexibility index (Phi) is 23.8. The topological polar surface area (TPSA) is 267 Å². The molecule has 6 rings (SSSR count). The van der Waals surface area contributed by atoms with Crippen molar-refractivity contribution in [3.63, 3.8) is 0 Å². The van der Waals surface area contributed by atoms with Crippen LogP contribution in [0.5, 0.6) is 0 Å². The quantitative estimate of drug-likeness (QED) is 0.131. The van der Waals surface area contributed by atoms with Crippen molar-refractivity contribution in [3.05, 3.63) is 53.4 Å². The van der Waals surface area contributed by atoms with E-state index in [1.54, 1.807) is 59.6 Å². The lowest BCUT2D eigenvalue weighted by molar-refractivity contribution is -0.318. The van der Waals surface area contributed by atoms with Crippen LogP contribution in [0, 0.1) is 17.8 Å². The number of aliphatic hydroxyl groups is 5. The molecule has 0 bridgehead atoms. The van der Waals surface area contributed by atoms with Gasteiger partial charge in [0, 0.05) is 84.4 Å². The van der Waals surface area contributed by atoms with Gasteiger partial charge in [-0.25, -0.2) is 9.07 Å². The number of carbonyl (C=O) groups is 3. The summed E-state index contributed by atoms with van der Waals surface area (Å²) in [6, 6.07) is 5.70. The number of likely N-dealkylation sites (N-methyl/N-ethyl adjacent to an activating group) is 2. The number of carbonyl (C=O) groups excluding carboxylic acids is 3. The second kappa shape index (κ2) is 29.1. The van der Waals surface area contributed by atoms with Crippen LogP contribution in [0.1, 0.15) is 137 Å². The van der Waals surface area contributed by atoms with Gasteiger partial charge < -0.3 is 78.1 Å². The highest BCUT2D eigenvalue weighted by molar-refractivity contribution is 5.81. The molecule has 0 spiro atoms. The van der Waals surface area contributed by atoms with Crippen molar-refractivity contribution >= 4 is 23.4 Å². The zero-order valence-corrected chi connectivity index (χ0v) is 51.6. The number of aliphatic hydroxyl groups excluding tert-OH is 3. The first-order valence-corrected chi connectivity index (χ1v) is 29.5. The van der Waals surface area contributed by atoms with Gasteiger partial charge in [0.25, 0.3) is 5.91 Å². The fraction of sp³-hybridized carbons (Fsp3) is 0.783. The van der Waals surface area contributed by atoms with Crippen LogP contribution in [0.15, 0.2) is 36.5 Å². The largest absolute Gasteiger partial charge is 0.459 e. The molecule has 0 saturated carbocycles. The standard InChI is InChI=1S/C60H97FN6O16/c1-16-47-60(11,75)53(71)38(6)65(13)31-34(2)28-58(9,74)55(36(4)51(37(5)56(73)81-47)82-49-29-59(10,77-15)54(72)39(7)80-49)83-57-50(70)45(27-35(3)79-57)64(12)24-23-44-32-67(63-62-44)46(30-61)52(76-14)43-19-17-41(18-20-43)42-21-25-66(26-22-42)48(69)33-78-40(8)68/h17-21,32,34-39,45-47,49-55,57,70-72,74-75H,16,22-31,33H2,1-15H3/t34?,35-,36+,37-,38-,39+,45+,46-,47-,49?,50-,51+,52-,53-,54+,55-,57+,58-,59-,60-/m1/s1. The van der Waals surface area contributed by atoms with Gasteiger partial charge in [-0.3, -0.25) is 14.4 Å². The first-order chi connectivity index (χ1) is 39.0. The number of esters is 2. The van der Waals surface area contributed by atoms with E-state index in [0.29, 0.717) is 51.1 Å². The zero-order valence-electron chi connectivity index (χ0n) is 51.6. The zero-order chi connectivity index (χ0) is 61.5. The Bertz CT molecular complexity index is 2450. The third-order valence-corrected chi connectivity index (χ3v) is 18.1. The molecule has 22 nitrogen and oxygen atoms in total. The summed E-state index contributed by atoms with van der Waals surface area (Å²) in [6.07, 6.45) is -5.74.